The fourth-order valence-electron chi connectivity index (χ4n) is 2.03. The zero-order valence-corrected chi connectivity index (χ0v) is 11.1. The molecule has 1 unspecified atom stereocenters. The molecule has 2 rings (SSSR count). The van der Waals surface area contributed by atoms with E-state index in [4.69, 9.17) is 0 Å². The summed E-state index contributed by atoms with van der Waals surface area (Å²) in [5.41, 5.74) is 3.55. The molecule has 0 aliphatic rings. The fourth-order valence-corrected chi connectivity index (χ4v) is 2.03. The Hall–Kier alpha value is -1.74. The molecule has 0 bridgehead atoms. The SMILES string of the molecule is Cc1cccc([C@@H](C)NC(C)c2cnccn2)c1. The van der Waals surface area contributed by atoms with Gasteiger partial charge in [-0.3, -0.25) is 9.97 Å². The van der Waals surface area contributed by atoms with Crippen molar-refractivity contribution in [3.8, 4) is 0 Å². The van der Waals surface area contributed by atoms with Crippen LogP contribution < -0.4 is 5.32 Å². The molecule has 94 valence electrons. The van der Waals surface area contributed by atoms with E-state index in [1.807, 2.05) is 0 Å². The van der Waals surface area contributed by atoms with Crippen molar-refractivity contribution in [3.63, 3.8) is 0 Å². The summed E-state index contributed by atoms with van der Waals surface area (Å²) < 4.78 is 0. The van der Waals surface area contributed by atoms with E-state index in [0.717, 1.165) is 5.69 Å². The molecular formula is C15H19N3. The van der Waals surface area contributed by atoms with Crippen LogP contribution in [0, 0.1) is 6.92 Å². The lowest BCUT2D eigenvalue weighted by Gasteiger charge is -2.20. The molecule has 0 aliphatic carbocycles. The molecule has 0 amide bonds. The Bertz CT molecular complexity index is 496. The van der Waals surface area contributed by atoms with E-state index in [1.165, 1.54) is 11.1 Å². The summed E-state index contributed by atoms with van der Waals surface area (Å²) in [4.78, 5) is 8.42. The maximum atomic E-state index is 4.32. The Kier molecular flexibility index (Phi) is 4.05. The van der Waals surface area contributed by atoms with Gasteiger partial charge in [0.15, 0.2) is 0 Å². The average Bonchev–Trinajstić information content (AvgIpc) is 2.39. The second kappa shape index (κ2) is 5.74. The topological polar surface area (TPSA) is 37.8 Å². The van der Waals surface area contributed by atoms with E-state index in [-0.39, 0.29) is 6.04 Å². The summed E-state index contributed by atoms with van der Waals surface area (Å²) >= 11 is 0. The normalized spacial score (nSPS) is 14.2. The number of hydrogen-bond donors (Lipinski definition) is 1. The van der Waals surface area contributed by atoms with Crippen LogP contribution in [0.5, 0.6) is 0 Å². The maximum absolute atomic E-state index is 4.32. The van der Waals surface area contributed by atoms with Crippen molar-refractivity contribution in [2.75, 3.05) is 0 Å². The summed E-state index contributed by atoms with van der Waals surface area (Å²) in [5, 5.41) is 3.54. The predicted molar refractivity (Wildman–Crippen MR) is 73.2 cm³/mol. The van der Waals surface area contributed by atoms with Gasteiger partial charge in [0.1, 0.15) is 0 Å². The summed E-state index contributed by atoms with van der Waals surface area (Å²) in [6.07, 6.45) is 5.23. The number of aromatic nitrogens is 2. The van der Waals surface area contributed by atoms with Gasteiger partial charge in [0, 0.05) is 30.7 Å². The van der Waals surface area contributed by atoms with Gasteiger partial charge in [-0.2, -0.15) is 0 Å². The highest BCUT2D eigenvalue weighted by molar-refractivity contribution is 5.24. The Balaban J connectivity index is 2.05. The molecule has 1 heterocycles. The van der Waals surface area contributed by atoms with Gasteiger partial charge in [-0.05, 0) is 26.3 Å². The van der Waals surface area contributed by atoms with Crippen molar-refractivity contribution in [1.29, 1.82) is 0 Å². The molecule has 18 heavy (non-hydrogen) atoms. The third-order valence-electron chi connectivity index (χ3n) is 3.07. The highest BCUT2D eigenvalue weighted by atomic mass is 15.0. The van der Waals surface area contributed by atoms with Crippen molar-refractivity contribution in [1.82, 2.24) is 15.3 Å². The Labute approximate surface area is 108 Å². The first-order valence-electron chi connectivity index (χ1n) is 6.25. The minimum atomic E-state index is 0.189. The van der Waals surface area contributed by atoms with Crippen molar-refractivity contribution in [2.45, 2.75) is 32.9 Å². The zero-order chi connectivity index (χ0) is 13.0. The van der Waals surface area contributed by atoms with Crippen LogP contribution in [0.3, 0.4) is 0 Å². The van der Waals surface area contributed by atoms with Gasteiger partial charge in [-0.25, -0.2) is 0 Å². The standard InChI is InChI=1S/C15H19N3/c1-11-5-4-6-14(9-11)12(2)18-13(3)15-10-16-7-8-17-15/h4-10,12-13,18H,1-3H3/t12-,13?/m1/s1. The first-order valence-corrected chi connectivity index (χ1v) is 6.25. The number of nitrogens with zero attached hydrogens (tertiary/aromatic N) is 2. The molecule has 1 N–H and O–H groups in total. The summed E-state index contributed by atoms with van der Waals surface area (Å²) in [5.74, 6) is 0. The molecule has 2 atom stereocenters. The van der Waals surface area contributed by atoms with Gasteiger partial charge in [-0.15, -0.1) is 0 Å². The fraction of sp³-hybridized carbons (Fsp3) is 0.333. The molecule has 3 nitrogen and oxygen atoms in total. The first kappa shape index (κ1) is 12.7. The average molecular weight is 241 g/mol. The zero-order valence-electron chi connectivity index (χ0n) is 11.1. The third kappa shape index (κ3) is 3.14. The smallest absolute Gasteiger partial charge is 0.0753 e. The van der Waals surface area contributed by atoms with Crippen LogP contribution in [0.15, 0.2) is 42.9 Å². The molecule has 0 saturated heterocycles. The Morgan fingerprint density at radius 3 is 2.61 bits per heavy atom. The van der Waals surface area contributed by atoms with Crippen molar-refractivity contribution in [2.24, 2.45) is 0 Å². The van der Waals surface area contributed by atoms with E-state index >= 15 is 0 Å². The molecule has 1 aromatic carbocycles. The first-order chi connectivity index (χ1) is 8.66. The van der Waals surface area contributed by atoms with Crippen molar-refractivity contribution >= 4 is 0 Å². The molecule has 0 radical (unpaired) electrons. The van der Waals surface area contributed by atoms with E-state index in [0.29, 0.717) is 6.04 Å². The minimum absolute atomic E-state index is 0.189. The number of rotatable bonds is 4. The summed E-state index contributed by atoms with van der Waals surface area (Å²) in [6.45, 7) is 6.39. The largest absolute Gasteiger partial charge is 0.302 e. The highest BCUT2D eigenvalue weighted by Gasteiger charge is 2.11. The molecular weight excluding hydrogens is 222 g/mol. The van der Waals surface area contributed by atoms with Crippen molar-refractivity contribution < 1.29 is 0 Å². The molecule has 1 aromatic heterocycles. The highest BCUT2D eigenvalue weighted by Crippen LogP contribution is 2.18. The number of aryl methyl sites for hydroxylation is 1. The monoisotopic (exact) mass is 241 g/mol. The molecule has 0 fully saturated rings. The van der Waals surface area contributed by atoms with Gasteiger partial charge >= 0.3 is 0 Å². The second-order valence-electron chi connectivity index (χ2n) is 4.65. The van der Waals surface area contributed by atoms with Gasteiger partial charge in [-0.1, -0.05) is 29.8 Å². The summed E-state index contributed by atoms with van der Waals surface area (Å²) in [7, 11) is 0. The predicted octanol–water partition coefficient (Wildman–Crippen LogP) is 3.20. The van der Waals surface area contributed by atoms with Crippen LogP contribution in [0.2, 0.25) is 0 Å². The van der Waals surface area contributed by atoms with Gasteiger partial charge in [0.2, 0.25) is 0 Å². The van der Waals surface area contributed by atoms with Gasteiger partial charge in [0.25, 0.3) is 0 Å². The van der Waals surface area contributed by atoms with Crippen molar-refractivity contribution in [3.05, 3.63) is 59.7 Å². The van der Waals surface area contributed by atoms with Gasteiger partial charge < -0.3 is 5.32 Å². The molecule has 2 aromatic rings. The maximum Gasteiger partial charge on any atom is 0.0753 e. The number of nitrogens with one attached hydrogen (secondary N) is 1. The van der Waals surface area contributed by atoms with Crippen LogP contribution in [-0.4, -0.2) is 9.97 Å². The quantitative estimate of drug-likeness (QED) is 0.893. The third-order valence-corrected chi connectivity index (χ3v) is 3.07. The van der Waals surface area contributed by atoms with Crippen LogP contribution in [-0.2, 0) is 0 Å². The molecule has 0 saturated carbocycles. The minimum Gasteiger partial charge on any atom is -0.302 e. The molecule has 3 heteroatoms. The van der Waals surface area contributed by atoms with Gasteiger partial charge in [0.05, 0.1) is 5.69 Å². The van der Waals surface area contributed by atoms with Crippen LogP contribution in [0.4, 0.5) is 0 Å². The van der Waals surface area contributed by atoms with Crippen LogP contribution in [0.1, 0.15) is 42.8 Å². The Morgan fingerprint density at radius 1 is 1.11 bits per heavy atom. The lowest BCUT2D eigenvalue weighted by atomic mass is 10.0. The van der Waals surface area contributed by atoms with E-state index in [1.54, 1.807) is 18.6 Å². The van der Waals surface area contributed by atoms with E-state index in [2.05, 4.69) is 60.3 Å². The van der Waals surface area contributed by atoms with Crippen LogP contribution in [0.25, 0.3) is 0 Å². The molecule has 0 spiro atoms. The lowest BCUT2D eigenvalue weighted by Crippen LogP contribution is -2.23. The number of benzene rings is 1. The second-order valence-corrected chi connectivity index (χ2v) is 4.65. The number of hydrogen-bond acceptors (Lipinski definition) is 3. The van der Waals surface area contributed by atoms with E-state index < -0.39 is 0 Å². The summed E-state index contributed by atoms with van der Waals surface area (Å²) in [6, 6.07) is 9.05. The Morgan fingerprint density at radius 2 is 1.94 bits per heavy atom. The molecule has 0 aliphatic heterocycles. The van der Waals surface area contributed by atoms with E-state index in [9.17, 15) is 0 Å². The lowest BCUT2D eigenvalue weighted by molar-refractivity contribution is 0.485. The van der Waals surface area contributed by atoms with Crippen LogP contribution >= 0.6 is 0 Å².